The minimum absolute atomic E-state index is 0.0600. The summed E-state index contributed by atoms with van der Waals surface area (Å²) in [6.07, 6.45) is 0.794. The lowest BCUT2D eigenvalue weighted by atomic mass is 9.56. The van der Waals surface area contributed by atoms with Crippen LogP contribution < -0.4 is 16.0 Å². The molecule has 184 valence electrons. The van der Waals surface area contributed by atoms with Crippen LogP contribution in [0.15, 0.2) is 36.4 Å². The predicted molar refractivity (Wildman–Crippen MR) is 131 cm³/mol. The average molecular weight is 519 g/mol. The molecule has 2 fully saturated rings. The lowest BCUT2D eigenvalue weighted by Crippen LogP contribution is -2.64. The maximum atomic E-state index is 15.6. The van der Waals surface area contributed by atoms with E-state index in [-0.39, 0.29) is 28.3 Å². The smallest absolute Gasteiger partial charge is 0.237 e. The number of likely N-dealkylation sites (N-methyl/N-ethyl adjacent to an activating group) is 1. The van der Waals surface area contributed by atoms with E-state index in [1.165, 1.54) is 20.0 Å². The van der Waals surface area contributed by atoms with E-state index in [0.717, 1.165) is 0 Å². The Bertz CT molecular complexity index is 1250. The van der Waals surface area contributed by atoms with Crippen LogP contribution in [0.1, 0.15) is 36.8 Å². The number of anilines is 1. The second-order valence-corrected chi connectivity index (χ2v) is 10.2. The number of nitrogens with zero attached hydrogens (tertiary/aromatic N) is 1. The Morgan fingerprint density at radius 1 is 1.17 bits per heavy atom. The van der Waals surface area contributed by atoms with Crippen LogP contribution in [0.4, 0.5) is 10.1 Å². The molecule has 0 aromatic heterocycles. The molecule has 5 rings (SSSR count). The maximum Gasteiger partial charge on any atom is 0.237 e. The topological polar surface area (TPSA) is 90.5 Å². The maximum absolute atomic E-state index is 15.6. The van der Waals surface area contributed by atoms with Crippen molar-refractivity contribution in [1.29, 1.82) is 0 Å². The highest BCUT2D eigenvalue weighted by molar-refractivity contribution is 6.31. The molecule has 2 spiro atoms. The fraction of sp³-hybridized carbons (Fsp3) is 0.400. The summed E-state index contributed by atoms with van der Waals surface area (Å²) in [5.74, 6) is -2.34. The Hall–Kier alpha value is -2.68. The first-order valence-electron chi connectivity index (χ1n) is 11.5. The third kappa shape index (κ3) is 3.30. The largest absolute Gasteiger partial charge is 0.358 e. The number of carbonyl (C=O) groups excluding carboxylic acids is 3. The van der Waals surface area contributed by atoms with Crippen molar-refractivity contribution in [2.24, 2.45) is 0 Å². The van der Waals surface area contributed by atoms with Crippen LogP contribution >= 0.6 is 23.2 Å². The number of rotatable bonds is 2. The van der Waals surface area contributed by atoms with Crippen molar-refractivity contribution in [3.8, 4) is 0 Å². The van der Waals surface area contributed by atoms with Crippen LogP contribution in [-0.2, 0) is 19.8 Å². The molecule has 0 aliphatic carbocycles. The van der Waals surface area contributed by atoms with Gasteiger partial charge in [0.05, 0.1) is 11.1 Å². The Morgan fingerprint density at radius 3 is 2.54 bits per heavy atom. The van der Waals surface area contributed by atoms with E-state index in [1.54, 1.807) is 35.2 Å². The third-order valence-corrected chi connectivity index (χ3v) is 8.43. The molecule has 10 heteroatoms. The molecule has 3 aliphatic heterocycles. The molecule has 0 radical (unpaired) electrons. The molecule has 2 saturated heterocycles. The fourth-order valence-corrected chi connectivity index (χ4v) is 6.78. The standard InChI is InChI=1S/C25H25Cl2FN4O3/c1-13(33)32-10-8-24(9-11-32)25(16-7-6-14(26)12-18(16)30-23(25)35)19(21(31-24)22(34)29-2)15-4-3-5-17(27)20(15)28/h3-7,12,19,21,31H,8-11H2,1-2H3,(H,29,34)(H,30,35)/t19-,21+,25?/m0/s1. The summed E-state index contributed by atoms with van der Waals surface area (Å²) in [5.41, 5.74) is -0.923. The SMILES string of the molecule is CNC(=O)[C@@H]1NC2(CCN(C(C)=O)CC2)C2(C(=O)Nc3cc(Cl)ccc32)[C@H]1c1cccc(Cl)c1F. The number of nitrogens with one attached hydrogen (secondary N) is 3. The summed E-state index contributed by atoms with van der Waals surface area (Å²) in [4.78, 5) is 41.2. The van der Waals surface area contributed by atoms with Gasteiger partial charge in [0, 0.05) is 49.2 Å². The first-order valence-corrected chi connectivity index (χ1v) is 12.2. The summed E-state index contributed by atoms with van der Waals surface area (Å²) in [5, 5.41) is 9.46. The van der Waals surface area contributed by atoms with Crippen molar-refractivity contribution in [3.05, 3.63) is 63.4 Å². The van der Waals surface area contributed by atoms with E-state index in [4.69, 9.17) is 23.2 Å². The molecule has 7 nitrogen and oxygen atoms in total. The Labute approximate surface area is 212 Å². The monoisotopic (exact) mass is 518 g/mol. The van der Waals surface area contributed by atoms with Gasteiger partial charge in [0.15, 0.2) is 0 Å². The van der Waals surface area contributed by atoms with Crippen LogP contribution in [0.5, 0.6) is 0 Å². The summed E-state index contributed by atoms with van der Waals surface area (Å²) in [6.45, 7) is 2.30. The fourth-order valence-electron chi connectivity index (χ4n) is 6.42. The number of amides is 3. The first-order chi connectivity index (χ1) is 16.7. The molecule has 3 amide bonds. The first kappa shape index (κ1) is 24.0. The number of piperidine rings is 1. The molecule has 3 heterocycles. The number of halogens is 3. The molecule has 3 N–H and O–H groups in total. The summed E-state index contributed by atoms with van der Waals surface area (Å²) < 4.78 is 15.6. The van der Waals surface area contributed by atoms with Gasteiger partial charge < -0.3 is 15.5 Å². The van der Waals surface area contributed by atoms with Gasteiger partial charge in [-0.05, 0) is 42.2 Å². The van der Waals surface area contributed by atoms with E-state index in [9.17, 15) is 14.4 Å². The zero-order valence-electron chi connectivity index (χ0n) is 19.3. The van der Waals surface area contributed by atoms with Gasteiger partial charge in [0.25, 0.3) is 0 Å². The summed E-state index contributed by atoms with van der Waals surface area (Å²) >= 11 is 12.4. The van der Waals surface area contributed by atoms with Gasteiger partial charge in [0.2, 0.25) is 17.7 Å². The van der Waals surface area contributed by atoms with Crippen molar-refractivity contribution < 1.29 is 18.8 Å². The summed E-state index contributed by atoms with van der Waals surface area (Å²) in [7, 11) is 1.51. The minimum atomic E-state index is -1.35. The van der Waals surface area contributed by atoms with Gasteiger partial charge in [-0.1, -0.05) is 41.4 Å². The highest BCUT2D eigenvalue weighted by atomic mass is 35.5. The number of likely N-dealkylation sites (tertiary alicyclic amines) is 1. The molecule has 1 unspecified atom stereocenters. The molecule has 2 aromatic rings. The highest BCUT2D eigenvalue weighted by Crippen LogP contribution is 2.61. The molecule has 2 aromatic carbocycles. The van der Waals surface area contributed by atoms with E-state index in [0.29, 0.717) is 42.2 Å². The van der Waals surface area contributed by atoms with Gasteiger partial charge in [0.1, 0.15) is 11.2 Å². The van der Waals surface area contributed by atoms with Crippen molar-refractivity contribution in [2.45, 2.75) is 42.7 Å². The Balaban J connectivity index is 1.80. The van der Waals surface area contributed by atoms with Crippen molar-refractivity contribution in [2.75, 3.05) is 25.5 Å². The lowest BCUT2D eigenvalue weighted by molar-refractivity contribution is -0.132. The van der Waals surface area contributed by atoms with E-state index in [2.05, 4.69) is 16.0 Å². The van der Waals surface area contributed by atoms with Crippen LogP contribution in [-0.4, -0.2) is 54.3 Å². The van der Waals surface area contributed by atoms with E-state index in [1.807, 2.05) is 0 Å². The van der Waals surface area contributed by atoms with Crippen molar-refractivity contribution >= 4 is 46.6 Å². The molecular formula is C25H25Cl2FN4O3. The zero-order valence-corrected chi connectivity index (χ0v) is 20.8. The second-order valence-electron chi connectivity index (χ2n) is 9.40. The number of benzene rings is 2. The second kappa shape index (κ2) is 8.47. The highest BCUT2D eigenvalue weighted by Gasteiger charge is 2.72. The van der Waals surface area contributed by atoms with Crippen LogP contribution in [0.2, 0.25) is 10.0 Å². The average Bonchev–Trinajstić information content (AvgIpc) is 3.28. The lowest BCUT2D eigenvalue weighted by Gasteiger charge is -2.49. The zero-order chi connectivity index (χ0) is 25.1. The molecule has 3 atom stereocenters. The van der Waals surface area contributed by atoms with Gasteiger partial charge >= 0.3 is 0 Å². The third-order valence-electron chi connectivity index (χ3n) is 7.91. The predicted octanol–water partition coefficient (Wildman–Crippen LogP) is 3.21. The summed E-state index contributed by atoms with van der Waals surface area (Å²) in [6, 6.07) is 8.85. The Morgan fingerprint density at radius 2 is 1.89 bits per heavy atom. The van der Waals surface area contributed by atoms with Gasteiger partial charge in [-0.3, -0.25) is 19.7 Å². The van der Waals surface area contributed by atoms with E-state index < -0.39 is 28.7 Å². The number of hydrogen-bond donors (Lipinski definition) is 3. The Kier molecular flexibility index (Phi) is 5.81. The van der Waals surface area contributed by atoms with Crippen molar-refractivity contribution in [1.82, 2.24) is 15.5 Å². The van der Waals surface area contributed by atoms with Crippen LogP contribution in [0.3, 0.4) is 0 Å². The van der Waals surface area contributed by atoms with Crippen molar-refractivity contribution in [3.63, 3.8) is 0 Å². The van der Waals surface area contributed by atoms with Gasteiger partial charge in [-0.2, -0.15) is 0 Å². The number of carbonyl (C=O) groups is 3. The number of hydrogen-bond acceptors (Lipinski definition) is 4. The van der Waals surface area contributed by atoms with Crippen LogP contribution in [0.25, 0.3) is 0 Å². The minimum Gasteiger partial charge on any atom is -0.358 e. The number of fused-ring (bicyclic) bond motifs is 3. The van der Waals surface area contributed by atoms with E-state index >= 15 is 4.39 Å². The molecular weight excluding hydrogens is 494 g/mol. The van der Waals surface area contributed by atoms with Gasteiger partial charge in [-0.25, -0.2) is 4.39 Å². The molecule has 0 saturated carbocycles. The normalized spacial score (nSPS) is 26.7. The molecule has 3 aliphatic rings. The van der Waals surface area contributed by atoms with Gasteiger partial charge in [-0.15, -0.1) is 0 Å². The molecule has 35 heavy (non-hydrogen) atoms. The van der Waals surface area contributed by atoms with Crippen LogP contribution in [0, 0.1) is 5.82 Å². The molecule has 0 bridgehead atoms. The quantitative estimate of drug-likeness (QED) is 0.569.